The van der Waals surface area contributed by atoms with Gasteiger partial charge in [0.2, 0.25) is 0 Å². The van der Waals surface area contributed by atoms with Crippen LogP contribution in [0, 0.1) is 12.8 Å². The van der Waals surface area contributed by atoms with Crippen molar-refractivity contribution in [2.24, 2.45) is 5.92 Å². The van der Waals surface area contributed by atoms with Gasteiger partial charge in [-0.25, -0.2) is 17.9 Å². The Kier molecular flexibility index (Phi) is 9.79. The maximum Gasteiger partial charge on any atom is 0.324 e. The predicted octanol–water partition coefficient (Wildman–Crippen LogP) is 6.88. The van der Waals surface area contributed by atoms with E-state index in [9.17, 15) is 18.0 Å². The van der Waals surface area contributed by atoms with Gasteiger partial charge < -0.3 is 10.6 Å². The second kappa shape index (κ2) is 13.6. The van der Waals surface area contributed by atoms with Crippen molar-refractivity contribution in [2.45, 2.75) is 63.2 Å². The van der Waals surface area contributed by atoms with Crippen molar-refractivity contribution in [3.8, 4) is 5.69 Å². The molecule has 3 N–H and O–H groups in total. The minimum atomic E-state index is -3.34. The van der Waals surface area contributed by atoms with E-state index in [1.807, 2.05) is 61.5 Å². The minimum absolute atomic E-state index is 0.00765. The largest absolute Gasteiger partial charge is 0.324 e. The molecule has 1 saturated heterocycles. The summed E-state index contributed by atoms with van der Waals surface area (Å²) in [4.78, 5) is 26.8. The van der Waals surface area contributed by atoms with Gasteiger partial charge in [-0.1, -0.05) is 62.7 Å². The molecule has 0 bridgehead atoms. The Bertz CT molecular complexity index is 1780. The monoisotopic (exact) mass is 641 g/mol. The summed E-state index contributed by atoms with van der Waals surface area (Å²) in [6.07, 6.45) is 3.38. The van der Waals surface area contributed by atoms with Crippen LogP contribution in [0.1, 0.15) is 73.1 Å². The number of piperidine rings is 1. The molecule has 3 aromatic carbocycles. The first-order valence-corrected chi connectivity index (χ1v) is 17.6. The van der Waals surface area contributed by atoms with Gasteiger partial charge in [-0.15, -0.1) is 0 Å². The average molecular weight is 642 g/mol. The first-order chi connectivity index (χ1) is 21.8. The molecule has 10 heteroatoms. The normalized spacial score (nSPS) is 14.9. The number of urea groups is 1. The lowest BCUT2D eigenvalue weighted by Crippen LogP contribution is -2.31. The van der Waals surface area contributed by atoms with Crippen molar-refractivity contribution >= 4 is 33.2 Å². The third kappa shape index (κ3) is 8.10. The Labute approximate surface area is 271 Å². The van der Waals surface area contributed by atoms with Gasteiger partial charge in [-0.05, 0) is 86.7 Å². The Balaban J connectivity index is 1.31. The third-order valence-corrected chi connectivity index (χ3v) is 9.69. The molecular formula is C36H43N5O4S. The molecule has 2 heterocycles. The van der Waals surface area contributed by atoms with E-state index in [2.05, 4.69) is 36.7 Å². The number of aromatic nitrogens is 2. The fourth-order valence-corrected chi connectivity index (χ4v) is 6.45. The standard InChI is InChI=1S/C36H43N5O4S/c1-24-6-14-29(15-7-24)41-34(23-33(40-41)36(2,3)4)39-35(43)38-28-12-8-25(9-13-28)31(26-18-20-37-21-19-26)22-32(42)27-10-16-30(17-11-27)46(5,44)45/h6-17,23,26,31,37H,18-22H2,1-5H3,(H2,38,39,43). The number of benzene rings is 3. The number of anilines is 2. The van der Waals surface area contributed by atoms with Crippen LogP contribution in [0.2, 0.25) is 0 Å². The smallest absolute Gasteiger partial charge is 0.317 e. The van der Waals surface area contributed by atoms with Crippen LogP contribution in [0.25, 0.3) is 5.69 Å². The molecular weight excluding hydrogens is 598 g/mol. The number of ketones is 1. The summed E-state index contributed by atoms with van der Waals surface area (Å²) in [5, 5.41) is 14.1. The molecule has 242 valence electrons. The molecule has 0 aliphatic carbocycles. The Morgan fingerprint density at radius 2 is 1.57 bits per heavy atom. The molecule has 2 amide bonds. The lowest BCUT2D eigenvalue weighted by Gasteiger charge is -2.31. The summed E-state index contributed by atoms with van der Waals surface area (Å²) in [5.74, 6) is 0.857. The van der Waals surface area contributed by atoms with Crippen LogP contribution in [-0.2, 0) is 15.3 Å². The van der Waals surface area contributed by atoms with E-state index in [4.69, 9.17) is 5.10 Å². The van der Waals surface area contributed by atoms with Crippen molar-refractivity contribution in [2.75, 3.05) is 30.0 Å². The number of aryl methyl sites for hydroxylation is 1. The number of carbonyl (C=O) groups excluding carboxylic acids is 2. The highest BCUT2D eigenvalue weighted by Gasteiger charge is 2.28. The molecule has 1 fully saturated rings. The lowest BCUT2D eigenvalue weighted by atomic mass is 9.77. The lowest BCUT2D eigenvalue weighted by molar-refractivity contribution is 0.0959. The van der Waals surface area contributed by atoms with E-state index in [1.54, 1.807) is 16.8 Å². The van der Waals surface area contributed by atoms with Gasteiger partial charge in [0.25, 0.3) is 0 Å². The summed E-state index contributed by atoms with van der Waals surface area (Å²) in [6, 6.07) is 23.4. The molecule has 0 saturated carbocycles. The SMILES string of the molecule is Cc1ccc(-n2nc(C(C)(C)C)cc2NC(=O)Nc2ccc(C(CC(=O)c3ccc(S(C)(=O)=O)cc3)C3CCNCC3)cc2)cc1. The summed E-state index contributed by atoms with van der Waals surface area (Å²) in [5.41, 5.74) is 4.81. The van der Waals surface area contributed by atoms with Gasteiger partial charge in [0.05, 0.1) is 16.3 Å². The Hall–Kier alpha value is -4.28. The fraction of sp³-hybridized carbons (Fsp3) is 0.361. The molecule has 9 nitrogen and oxygen atoms in total. The van der Waals surface area contributed by atoms with Crippen LogP contribution in [0.5, 0.6) is 0 Å². The first kappa shape index (κ1) is 33.1. The number of carbonyl (C=O) groups is 2. The van der Waals surface area contributed by atoms with Crippen LogP contribution >= 0.6 is 0 Å². The van der Waals surface area contributed by atoms with Gasteiger partial charge >= 0.3 is 6.03 Å². The minimum Gasteiger partial charge on any atom is -0.317 e. The number of rotatable bonds is 9. The van der Waals surface area contributed by atoms with Crippen molar-refractivity contribution in [1.82, 2.24) is 15.1 Å². The summed E-state index contributed by atoms with van der Waals surface area (Å²) < 4.78 is 25.5. The molecule has 0 radical (unpaired) electrons. The van der Waals surface area contributed by atoms with Gasteiger partial charge in [0, 0.05) is 35.4 Å². The van der Waals surface area contributed by atoms with Crippen molar-refractivity contribution in [3.05, 3.63) is 101 Å². The average Bonchev–Trinajstić information content (AvgIpc) is 3.45. The fourth-order valence-electron chi connectivity index (χ4n) is 5.82. The van der Waals surface area contributed by atoms with Gasteiger partial charge in [-0.3, -0.25) is 10.1 Å². The van der Waals surface area contributed by atoms with Gasteiger partial charge in [-0.2, -0.15) is 5.10 Å². The zero-order valence-electron chi connectivity index (χ0n) is 27.1. The molecule has 5 rings (SSSR count). The second-order valence-electron chi connectivity index (χ2n) is 13.2. The number of Topliss-reactive ketones (excluding diaryl/α,β-unsaturated/α-hetero) is 1. The van der Waals surface area contributed by atoms with Crippen molar-refractivity contribution in [3.63, 3.8) is 0 Å². The first-order valence-electron chi connectivity index (χ1n) is 15.7. The Morgan fingerprint density at radius 3 is 2.15 bits per heavy atom. The van der Waals surface area contributed by atoms with Crippen LogP contribution in [0.3, 0.4) is 0 Å². The highest BCUT2D eigenvalue weighted by atomic mass is 32.2. The molecule has 0 spiro atoms. The predicted molar refractivity (Wildman–Crippen MR) is 183 cm³/mol. The van der Waals surface area contributed by atoms with Crippen molar-refractivity contribution < 1.29 is 18.0 Å². The van der Waals surface area contributed by atoms with E-state index in [-0.39, 0.29) is 28.0 Å². The second-order valence-corrected chi connectivity index (χ2v) is 15.2. The molecule has 1 atom stereocenters. The number of hydrogen-bond donors (Lipinski definition) is 3. The molecule has 1 aromatic heterocycles. The van der Waals surface area contributed by atoms with E-state index in [0.29, 0.717) is 29.4 Å². The van der Waals surface area contributed by atoms with Crippen LogP contribution in [0.15, 0.2) is 83.8 Å². The van der Waals surface area contributed by atoms with Gasteiger partial charge in [0.15, 0.2) is 15.6 Å². The molecule has 46 heavy (non-hydrogen) atoms. The number of amides is 2. The zero-order chi connectivity index (χ0) is 33.1. The quantitative estimate of drug-likeness (QED) is 0.171. The van der Waals surface area contributed by atoms with E-state index in [0.717, 1.165) is 54.7 Å². The summed E-state index contributed by atoms with van der Waals surface area (Å²) in [7, 11) is -3.34. The molecule has 1 unspecified atom stereocenters. The maximum atomic E-state index is 13.4. The highest BCUT2D eigenvalue weighted by molar-refractivity contribution is 7.90. The number of sulfone groups is 1. The maximum absolute atomic E-state index is 13.4. The van der Waals surface area contributed by atoms with Crippen LogP contribution in [-0.4, -0.2) is 49.4 Å². The number of nitrogens with one attached hydrogen (secondary N) is 3. The summed E-state index contributed by atoms with van der Waals surface area (Å²) >= 11 is 0. The summed E-state index contributed by atoms with van der Waals surface area (Å²) in [6.45, 7) is 10.1. The van der Waals surface area contributed by atoms with E-state index >= 15 is 0 Å². The zero-order valence-corrected chi connectivity index (χ0v) is 27.9. The van der Waals surface area contributed by atoms with Gasteiger partial charge in [0.1, 0.15) is 5.82 Å². The van der Waals surface area contributed by atoms with Crippen LogP contribution < -0.4 is 16.0 Å². The molecule has 4 aromatic rings. The van der Waals surface area contributed by atoms with E-state index in [1.165, 1.54) is 12.1 Å². The van der Waals surface area contributed by atoms with Crippen molar-refractivity contribution in [1.29, 1.82) is 0 Å². The number of nitrogens with zero attached hydrogens (tertiary/aromatic N) is 2. The topological polar surface area (TPSA) is 122 Å². The molecule has 1 aliphatic rings. The third-order valence-electron chi connectivity index (χ3n) is 8.56. The van der Waals surface area contributed by atoms with Crippen LogP contribution in [0.4, 0.5) is 16.3 Å². The number of hydrogen-bond acceptors (Lipinski definition) is 6. The van der Waals surface area contributed by atoms with E-state index < -0.39 is 9.84 Å². The highest BCUT2D eigenvalue weighted by Crippen LogP contribution is 2.36. The molecule has 1 aliphatic heterocycles. The Morgan fingerprint density at radius 1 is 0.935 bits per heavy atom.